The molecule has 2 rings (SSSR count). The molecule has 0 bridgehead atoms. The summed E-state index contributed by atoms with van der Waals surface area (Å²) in [6.07, 6.45) is 1.59. The topological polar surface area (TPSA) is 51.2 Å². The molecule has 1 N–H and O–H groups in total. The van der Waals surface area contributed by atoms with Gasteiger partial charge >= 0.3 is 0 Å². The van der Waals surface area contributed by atoms with E-state index in [4.69, 9.17) is 4.74 Å². The van der Waals surface area contributed by atoms with Crippen LogP contribution in [0.5, 0.6) is 5.75 Å². The van der Waals surface area contributed by atoms with Crippen LogP contribution in [0.3, 0.4) is 0 Å². The largest absolute Gasteiger partial charge is 0.497 e. The molecule has 0 aliphatic rings. The molecule has 0 saturated carbocycles. The van der Waals surface area contributed by atoms with E-state index in [9.17, 15) is 4.79 Å². The number of pyridine rings is 1. The number of benzene rings is 1. The van der Waals surface area contributed by atoms with E-state index < -0.39 is 0 Å². The van der Waals surface area contributed by atoms with E-state index in [1.807, 2.05) is 19.1 Å². The molecule has 0 fully saturated rings. The fourth-order valence-corrected chi connectivity index (χ4v) is 1.83. The molecule has 5 heteroatoms. The molecule has 19 heavy (non-hydrogen) atoms. The lowest BCUT2D eigenvalue weighted by atomic mass is 10.2. The molecular formula is C14H13BrN2O2. The van der Waals surface area contributed by atoms with Gasteiger partial charge < -0.3 is 10.1 Å². The second-order valence-corrected chi connectivity index (χ2v) is 4.91. The summed E-state index contributed by atoms with van der Waals surface area (Å²) in [7, 11) is 1.61. The average molecular weight is 321 g/mol. The van der Waals surface area contributed by atoms with Crippen molar-refractivity contribution in [2.45, 2.75) is 6.92 Å². The van der Waals surface area contributed by atoms with Gasteiger partial charge in [0.2, 0.25) is 0 Å². The Morgan fingerprint density at radius 2 is 2.11 bits per heavy atom. The number of carbonyl (C=O) groups excluding carboxylic acids is 1. The van der Waals surface area contributed by atoms with E-state index in [1.165, 1.54) is 0 Å². The van der Waals surface area contributed by atoms with Crippen molar-refractivity contribution in [3.63, 3.8) is 0 Å². The molecule has 0 atom stereocenters. The van der Waals surface area contributed by atoms with E-state index in [0.717, 1.165) is 21.5 Å². The number of anilines is 1. The first-order valence-corrected chi connectivity index (χ1v) is 6.47. The first-order valence-electron chi connectivity index (χ1n) is 5.67. The number of carbonyl (C=O) groups is 1. The van der Waals surface area contributed by atoms with Crippen LogP contribution in [0.1, 0.15) is 16.1 Å². The Kier molecular flexibility index (Phi) is 4.16. The zero-order valence-corrected chi connectivity index (χ0v) is 12.2. The van der Waals surface area contributed by atoms with E-state index >= 15 is 0 Å². The van der Waals surface area contributed by atoms with Gasteiger partial charge in [0.1, 0.15) is 11.4 Å². The zero-order valence-electron chi connectivity index (χ0n) is 10.6. The predicted octanol–water partition coefficient (Wildman–Crippen LogP) is 3.41. The molecule has 1 aromatic carbocycles. The van der Waals surface area contributed by atoms with E-state index in [-0.39, 0.29) is 5.91 Å². The van der Waals surface area contributed by atoms with Gasteiger partial charge in [0, 0.05) is 16.4 Å². The Hall–Kier alpha value is -1.88. The van der Waals surface area contributed by atoms with E-state index in [2.05, 4.69) is 26.2 Å². The molecule has 98 valence electrons. The Balaban J connectivity index is 2.17. The minimum Gasteiger partial charge on any atom is -0.497 e. The summed E-state index contributed by atoms with van der Waals surface area (Å²) in [4.78, 5) is 16.1. The number of nitrogens with zero attached hydrogens (tertiary/aromatic N) is 1. The molecule has 0 aliphatic heterocycles. The SMILES string of the molecule is COc1ccc(NC(=O)c2ccc(Br)cn2)c(C)c1. The fourth-order valence-electron chi connectivity index (χ4n) is 1.60. The highest BCUT2D eigenvalue weighted by Gasteiger charge is 2.09. The lowest BCUT2D eigenvalue weighted by Gasteiger charge is -2.09. The Labute approximate surface area is 119 Å². The summed E-state index contributed by atoms with van der Waals surface area (Å²) in [6.45, 7) is 1.91. The number of amides is 1. The van der Waals surface area contributed by atoms with Gasteiger partial charge in [-0.3, -0.25) is 4.79 Å². The third kappa shape index (κ3) is 3.32. The maximum Gasteiger partial charge on any atom is 0.274 e. The molecule has 0 radical (unpaired) electrons. The second-order valence-electron chi connectivity index (χ2n) is 4.00. The number of halogens is 1. The summed E-state index contributed by atoms with van der Waals surface area (Å²) >= 11 is 3.28. The first-order chi connectivity index (χ1) is 9.10. The lowest BCUT2D eigenvalue weighted by molar-refractivity contribution is 0.102. The van der Waals surface area contributed by atoms with Gasteiger partial charge in [-0.05, 0) is 58.7 Å². The number of hydrogen-bond donors (Lipinski definition) is 1. The normalized spacial score (nSPS) is 10.1. The third-order valence-corrected chi connectivity index (χ3v) is 3.11. The van der Waals surface area contributed by atoms with Gasteiger partial charge in [-0.15, -0.1) is 0 Å². The predicted molar refractivity (Wildman–Crippen MR) is 77.6 cm³/mol. The average Bonchev–Trinajstić information content (AvgIpc) is 2.41. The van der Waals surface area contributed by atoms with Crippen molar-refractivity contribution in [2.24, 2.45) is 0 Å². The van der Waals surface area contributed by atoms with Crippen LogP contribution in [0.2, 0.25) is 0 Å². The van der Waals surface area contributed by atoms with Gasteiger partial charge in [0.15, 0.2) is 0 Å². The Bertz CT molecular complexity index is 597. The van der Waals surface area contributed by atoms with Crippen molar-refractivity contribution in [2.75, 3.05) is 12.4 Å². The summed E-state index contributed by atoms with van der Waals surface area (Å²) in [5, 5.41) is 2.82. The molecule has 4 nitrogen and oxygen atoms in total. The number of rotatable bonds is 3. The third-order valence-electron chi connectivity index (χ3n) is 2.64. The van der Waals surface area contributed by atoms with Crippen LogP contribution in [-0.2, 0) is 0 Å². The van der Waals surface area contributed by atoms with Gasteiger partial charge in [0.25, 0.3) is 5.91 Å². The van der Waals surface area contributed by atoms with Crippen molar-refractivity contribution in [1.82, 2.24) is 4.98 Å². The van der Waals surface area contributed by atoms with Crippen LogP contribution in [0.25, 0.3) is 0 Å². The summed E-state index contributed by atoms with van der Waals surface area (Å²) in [5.41, 5.74) is 2.05. The van der Waals surface area contributed by atoms with Gasteiger partial charge in [0.05, 0.1) is 7.11 Å². The molecular weight excluding hydrogens is 308 g/mol. The van der Waals surface area contributed by atoms with Crippen molar-refractivity contribution in [3.8, 4) is 5.75 Å². The molecule has 0 saturated heterocycles. The minimum absolute atomic E-state index is 0.235. The number of methoxy groups -OCH3 is 1. The summed E-state index contributed by atoms with van der Waals surface area (Å²) in [5.74, 6) is 0.526. The standard InChI is InChI=1S/C14H13BrN2O2/c1-9-7-11(19-2)4-6-12(9)17-14(18)13-5-3-10(15)8-16-13/h3-8H,1-2H3,(H,17,18). The quantitative estimate of drug-likeness (QED) is 0.942. The van der Waals surface area contributed by atoms with Crippen LogP contribution < -0.4 is 10.1 Å². The molecule has 1 aromatic heterocycles. The van der Waals surface area contributed by atoms with Crippen molar-refractivity contribution >= 4 is 27.5 Å². The minimum atomic E-state index is -0.235. The van der Waals surface area contributed by atoms with Crippen molar-refractivity contribution < 1.29 is 9.53 Å². The van der Waals surface area contributed by atoms with Crippen molar-refractivity contribution in [3.05, 3.63) is 52.3 Å². The maximum absolute atomic E-state index is 12.0. The zero-order chi connectivity index (χ0) is 13.8. The van der Waals surface area contributed by atoms with Crippen LogP contribution >= 0.6 is 15.9 Å². The van der Waals surface area contributed by atoms with Gasteiger partial charge in [-0.1, -0.05) is 0 Å². The summed E-state index contributed by atoms with van der Waals surface area (Å²) < 4.78 is 5.96. The van der Waals surface area contributed by atoms with Gasteiger partial charge in [-0.25, -0.2) is 4.98 Å². The van der Waals surface area contributed by atoms with Crippen LogP contribution in [0.15, 0.2) is 41.0 Å². The van der Waals surface area contributed by atoms with E-state index in [0.29, 0.717) is 5.69 Å². The smallest absolute Gasteiger partial charge is 0.274 e. The van der Waals surface area contributed by atoms with Crippen LogP contribution in [-0.4, -0.2) is 18.0 Å². The molecule has 0 spiro atoms. The highest BCUT2D eigenvalue weighted by molar-refractivity contribution is 9.10. The molecule has 1 amide bonds. The van der Waals surface area contributed by atoms with E-state index in [1.54, 1.807) is 31.5 Å². The Morgan fingerprint density at radius 3 is 2.68 bits per heavy atom. The second kappa shape index (κ2) is 5.84. The first kappa shape index (κ1) is 13.5. The van der Waals surface area contributed by atoms with Crippen LogP contribution in [0, 0.1) is 6.92 Å². The number of hydrogen-bond acceptors (Lipinski definition) is 3. The molecule has 2 aromatic rings. The molecule has 0 unspecified atom stereocenters. The summed E-state index contributed by atoms with van der Waals surface area (Å²) in [6, 6.07) is 8.92. The highest BCUT2D eigenvalue weighted by atomic mass is 79.9. The molecule has 0 aliphatic carbocycles. The van der Waals surface area contributed by atoms with Gasteiger partial charge in [-0.2, -0.15) is 0 Å². The maximum atomic E-state index is 12.0. The number of nitrogens with one attached hydrogen (secondary N) is 1. The fraction of sp³-hybridized carbons (Fsp3) is 0.143. The number of aromatic nitrogens is 1. The molecule has 1 heterocycles. The lowest BCUT2D eigenvalue weighted by Crippen LogP contribution is -2.14. The number of aryl methyl sites for hydroxylation is 1. The Morgan fingerprint density at radius 1 is 1.32 bits per heavy atom. The van der Waals surface area contributed by atoms with Crippen molar-refractivity contribution in [1.29, 1.82) is 0 Å². The number of ether oxygens (including phenoxy) is 1. The monoisotopic (exact) mass is 320 g/mol. The van der Waals surface area contributed by atoms with Crippen LogP contribution in [0.4, 0.5) is 5.69 Å². The highest BCUT2D eigenvalue weighted by Crippen LogP contribution is 2.21.